The van der Waals surface area contributed by atoms with Gasteiger partial charge in [-0.2, -0.15) is 0 Å². The first-order valence-corrected chi connectivity index (χ1v) is 4.41. The first-order valence-electron chi connectivity index (χ1n) is 4.41. The Labute approximate surface area is 68.3 Å². The molecule has 2 aliphatic heterocycles. The van der Waals surface area contributed by atoms with E-state index in [9.17, 15) is 0 Å². The van der Waals surface area contributed by atoms with Gasteiger partial charge in [0.1, 0.15) is 0 Å². The van der Waals surface area contributed by atoms with Crippen molar-refractivity contribution in [3.63, 3.8) is 0 Å². The third-order valence-electron chi connectivity index (χ3n) is 2.67. The van der Waals surface area contributed by atoms with Crippen LogP contribution in [0.3, 0.4) is 0 Å². The average Bonchev–Trinajstić information content (AvgIpc) is 2.34. The molecule has 2 rings (SSSR count). The molecule has 0 atom stereocenters. The van der Waals surface area contributed by atoms with Crippen molar-refractivity contribution in [2.75, 3.05) is 19.6 Å². The van der Waals surface area contributed by atoms with Gasteiger partial charge in [-0.15, -0.1) is 0 Å². The van der Waals surface area contributed by atoms with Crippen LogP contribution in [0.2, 0.25) is 0 Å². The molecular formula is C9H16N2. The molecule has 0 radical (unpaired) electrons. The van der Waals surface area contributed by atoms with Crippen LogP contribution in [0.15, 0.2) is 11.8 Å². The van der Waals surface area contributed by atoms with Crippen molar-refractivity contribution in [2.45, 2.75) is 25.8 Å². The number of fused-ring (bicyclic) bond motifs is 1. The second kappa shape index (κ2) is 2.24. The second-order valence-electron chi connectivity index (χ2n) is 3.92. The first kappa shape index (κ1) is 7.17. The van der Waals surface area contributed by atoms with Gasteiger partial charge >= 0.3 is 0 Å². The van der Waals surface area contributed by atoms with Crippen LogP contribution >= 0.6 is 0 Å². The molecule has 0 amide bonds. The van der Waals surface area contributed by atoms with Crippen molar-refractivity contribution in [1.82, 2.24) is 10.2 Å². The minimum absolute atomic E-state index is 0.217. The van der Waals surface area contributed by atoms with Gasteiger partial charge < -0.3 is 10.2 Å². The van der Waals surface area contributed by atoms with E-state index in [4.69, 9.17) is 0 Å². The fourth-order valence-electron chi connectivity index (χ4n) is 2.08. The maximum absolute atomic E-state index is 3.52. The Hall–Kier alpha value is -0.500. The van der Waals surface area contributed by atoms with Crippen LogP contribution in [0.5, 0.6) is 0 Å². The van der Waals surface area contributed by atoms with Crippen LogP contribution < -0.4 is 5.32 Å². The zero-order valence-electron chi connectivity index (χ0n) is 7.35. The van der Waals surface area contributed by atoms with Crippen LogP contribution in [0.4, 0.5) is 0 Å². The van der Waals surface area contributed by atoms with Crippen molar-refractivity contribution in [1.29, 1.82) is 0 Å². The molecule has 2 heteroatoms. The molecule has 0 spiro atoms. The average molecular weight is 152 g/mol. The molecule has 2 nitrogen and oxygen atoms in total. The van der Waals surface area contributed by atoms with E-state index in [1.807, 2.05) is 0 Å². The molecule has 1 saturated heterocycles. The highest BCUT2D eigenvalue weighted by Crippen LogP contribution is 2.27. The summed E-state index contributed by atoms with van der Waals surface area (Å²) in [6.45, 7) is 8.08. The summed E-state index contributed by atoms with van der Waals surface area (Å²) in [5.41, 5.74) is 1.72. The number of nitrogens with one attached hydrogen (secondary N) is 1. The maximum Gasteiger partial charge on any atom is 0.0525 e. The fourth-order valence-corrected chi connectivity index (χ4v) is 2.08. The van der Waals surface area contributed by atoms with Crippen molar-refractivity contribution in [3.8, 4) is 0 Å². The summed E-state index contributed by atoms with van der Waals surface area (Å²) in [5, 5.41) is 3.52. The molecule has 1 N–H and O–H groups in total. The van der Waals surface area contributed by atoms with E-state index in [2.05, 4.69) is 30.1 Å². The highest BCUT2D eigenvalue weighted by atomic mass is 15.2. The monoisotopic (exact) mass is 152 g/mol. The Bertz CT molecular complexity index is 194. The van der Waals surface area contributed by atoms with Gasteiger partial charge in [-0.3, -0.25) is 0 Å². The fraction of sp³-hybridized carbons (Fsp3) is 0.778. The van der Waals surface area contributed by atoms with Gasteiger partial charge in [-0.05, 0) is 20.3 Å². The molecule has 1 fully saturated rings. The number of piperazine rings is 1. The predicted molar refractivity (Wildman–Crippen MR) is 46.4 cm³/mol. The van der Waals surface area contributed by atoms with Gasteiger partial charge in [0.05, 0.1) is 5.54 Å². The quantitative estimate of drug-likeness (QED) is 0.556. The molecular weight excluding hydrogens is 136 g/mol. The SMILES string of the molecule is CC1(C)NCCN2CCC=C21. The Morgan fingerprint density at radius 1 is 1.45 bits per heavy atom. The molecule has 11 heavy (non-hydrogen) atoms. The van der Waals surface area contributed by atoms with Gasteiger partial charge in [-0.1, -0.05) is 6.08 Å². The summed E-state index contributed by atoms with van der Waals surface area (Å²) in [4.78, 5) is 2.50. The molecule has 0 aromatic carbocycles. The summed E-state index contributed by atoms with van der Waals surface area (Å²) < 4.78 is 0. The number of nitrogens with zero attached hydrogens (tertiary/aromatic N) is 1. The molecule has 62 valence electrons. The minimum atomic E-state index is 0.217. The van der Waals surface area contributed by atoms with Crippen LogP contribution in [0.1, 0.15) is 20.3 Å². The first-order chi connectivity index (χ1) is 5.20. The third kappa shape index (κ3) is 1.06. The summed E-state index contributed by atoms with van der Waals surface area (Å²) in [5.74, 6) is 0. The van der Waals surface area contributed by atoms with E-state index in [0.717, 1.165) is 6.54 Å². The van der Waals surface area contributed by atoms with E-state index in [1.165, 1.54) is 25.2 Å². The molecule has 0 aromatic rings. The number of hydrogen-bond acceptors (Lipinski definition) is 2. The Morgan fingerprint density at radius 3 is 3.00 bits per heavy atom. The van der Waals surface area contributed by atoms with Crippen LogP contribution in [0.25, 0.3) is 0 Å². The summed E-state index contributed by atoms with van der Waals surface area (Å²) >= 11 is 0. The lowest BCUT2D eigenvalue weighted by Gasteiger charge is -2.40. The van der Waals surface area contributed by atoms with E-state index in [1.54, 1.807) is 0 Å². The van der Waals surface area contributed by atoms with E-state index >= 15 is 0 Å². The topological polar surface area (TPSA) is 15.3 Å². The summed E-state index contributed by atoms with van der Waals surface area (Å²) in [7, 11) is 0. The van der Waals surface area contributed by atoms with E-state index < -0.39 is 0 Å². The molecule has 0 bridgehead atoms. The lowest BCUT2D eigenvalue weighted by Crippen LogP contribution is -2.53. The molecule has 2 heterocycles. The Kier molecular flexibility index (Phi) is 1.46. The zero-order valence-corrected chi connectivity index (χ0v) is 7.35. The van der Waals surface area contributed by atoms with Gasteiger partial charge in [0.2, 0.25) is 0 Å². The number of hydrogen-bond donors (Lipinski definition) is 1. The molecule has 0 unspecified atom stereocenters. The van der Waals surface area contributed by atoms with Gasteiger partial charge in [-0.25, -0.2) is 0 Å². The van der Waals surface area contributed by atoms with Gasteiger partial charge in [0.15, 0.2) is 0 Å². The summed E-state index contributed by atoms with van der Waals surface area (Å²) in [6.07, 6.45) is 3.60. The summed E-state index contributed by atoms with van der Waals surface area (Å²) in [6, 6.07) is 0. The Morgan fingerprint density at radius 2 is 2.27 bits per heavy atom. The lowest BCUT2D eigenvalue weighted by molar-refractivity contribution is 0.241. The van der Waals surface area contributed by atoms with Crippen LogP contribution in [0, 0.1) is 0 Å². The van der Waals surface area contributed by atoms with Gasteiger partial charge in [0, 0.05) is 25.3 Å². The highest BCUT2D eigenvalue weighted by molar-refractivity contribution is 5.22. The maximum atomic E-state index is 3.52. The van der Waals surface area contributed by atoms with Crippen molar-refractivity contribution in [3.05, 3.63) is 11.8 Å². The molecule has 0 aromatic heterocycles. The smallest absolute Gasteiger partial charge is 0.0525 e. The normalized spacial score (nSPS) is 28.2. The third-order valence-corrected chi connectivity index (χ3v) is 2.67. The molecule has 0 saturated carbocycles. The van der Waals surface area contributed by atoms with Crippen LogP contribution in [-0.4, -0.2) is 30.1 Å². The van der Waals surface area contributed by atoms with Crippen molar-refractivity contribution < 1.29 is 0 Å². The molecule has 2 aliphatic rings. The highest BCUT2D eigenvalue weighted by Gasteiger charge is 2.32. The van der Waals surface area contributed by atoms with E-state index in [-0.39, 0.29) is 5.54 Å². The largest absolute Gasteiger partial charge is 0.372 e. The Balaban J connectivity index is 2.24. The lowest BCUT2D eigenvalue weighted by atomic mass is 9.98. The number of rotatable bonds is 0. The van der Waals surface area contributed by atoms with E-state index in [0.29, 0.717) is 0 Å². The molecule has 0 aliphatic carbocycles. The zero-order chi connectivity index (χ0) is 7.90. The van der Waals surface area contributed by atoms with Crippen molar-refractivity contribution >= 4 is 0 Å². The minimum Gasteiger partial charge on any atom is -0.372 e. The second-order valence-corrected chi connectivity index (χ2v) is 3.92. The van der Waals surface area contributed by atoms with Crippen molar-refractivity contribution in [2.24, 2.45) is 0 Å². The van der Waals surface area contributed by atoms with Crippen LogP contribution in [-0.2, 0) is 0 Å². The predicted octanol–water partition coefficient (Wildman–Crippen LogP) is 0.958. The van der Waals surface area contributed by atoms with Gasteiger partial charge in [0.25, 0.3) is 0 Å². The standard InChI is InChI=1S/C9H16N2/c1-9(2)8-4-3-6-11(8)7-5-10-9/h4,10H,3,5-7H2,1-2H3.